The second kappa shape index (κ2) is 7.43. The van der Waals surface area contributed by atoms with Crippen LogP contribution in [-0.2, 0) is 0 Å². The van der Waals surface area contributed by atoms with Crippen LogP contribution in [-0.4, -0.2) is 30.6 Å². The van der Waals surface area contributed by atoms with Crippen molar-refractivity contribution in [2.45, 2.75) is 31.8 Å². The lowest BCUT2D eigenvalue weighted by atomic mass is 9.91. The van der Waals surface area contributed by atoms with Gasteiger partial charge in [-0.25, -0.2) is 4.99 Å². The first-order valence-electron chi connectivity index (χ1n) is 5.61. The number of nitrogens with one attached hydrogen (secondary N) is 1. The average Bonchev–Trinajstić information content (AvgIpc) is 2.30. The first kappa shape index (κ1) is 12.2. The van der Waals surface area contributed by atoms with Crippen molar-refractivity contribution < 1.29 is 5.11 Å². The van der Waals surface area contributed by atoms with Gasteiger partial charge in [-0.2, -0.15) is 0 Å². The molecule has 1 heterocycles. The summed E-state index contributed by atoms with van der Waals surface area (Å²) in [5.41, 5.74) is 5.09. The van der Waals surface area contributed by atoms with E-state index >= 15 is 0 Å². The first-order chi connectivity index (χ1) is 7.34. The monoisotopic (exact) mass is 211 g/mol. The molecule has 15 heavy (non-hydrogen) atoms. The maximum absolute atomic E-state index is 9.89. The molecule has 4 N–H and O–H groups in total. The first-order valence-corrected chi connectivity index (χ1v) is 5.61. The van der Waals surface area contributed by atoms with Crippen molar-refractivity contribution in [3.05, 3.63) is 12.3 Å². The highest BCUT2D eigenvalue weighted by Gasteiger charge is 2.20. The summed E-state index contributed by atoms with van der Waals surface area (Å²) >= 11 is 0. The van der Waals surface area contributed by atoms with E-state index in [0.717, 1.165) is 32.4 Å². The summed E-state index contributed by atoms with van der Waals surface area (Å²) in [7, 11) is 0. The normalized spacial score (nSPS) is 25.0. The maximum Gasteiger partial charge on any atom is 0.0852 e. The van der Waals surface area contributed by atoms with Crippen molar-refractivity contribution in [3.8, 4) is 0 Å². The molecule has 1 aliphatic heterocycles. The number of hydrogen-bond donors (Lipinski definition) is 3. The van der Waals surface area contributed by atoms with E-state index in [1.807, 2.05) is 6.08 Å². The van der Waals surface area contributed by atoms with Gasteiger partial charge in [0.1, 0.15) is 0 Å². The molecule has 0 aromatic heterocycles. The summed E-state index contributed by atoms with van der Waals surface area (Å²) in [5, 5.41) is 13.2. The molecule has 1 saturated heterocycles. The Bertz CT molecular complexity index is 210. The molecule has 4 nitrogen and oxygen atoms in total. The largest absolute Gasteiger partial charge is 0.393 e. The molecule has 0 spiro atoms. The van der Waals surface area contributed by atoms with E-state index in [1.54, 1.807) is 6.20 Å². The number of nitrogens with zero attached hydrogens (tertiary/aromatic N) is 1. The molecule has 2 atom stereocenters. The molecule has 1 rings (SSSR count). The SMILES string of the molecule is NC=N/C=C\CCC(O)C1CCCNC1. The Hall–Kier alpha value is -0.870. The van der Waals surface area contributed by atoms with Crippen molar-refractivity contribution in [2.24, 2.45) is 16.6 Å². The fourth-order valence-electron chi connectivity index (χ4n) is 1.89. The van der Waals surface area contributed by atoms with Gasteiger partial charge < -0.3 is 16.2 Å². The van der Waals surface area contributed by atoms with E-state index in [0.29, 0.717) is 5.92 Å². The lowest BCUT2D eigenvalue weighted by molar-refractivity contribution is 0.0850. The number of hydrogen-bond acceptors (Lipinski definition) is 3. The Kier molecular flexibility index (Phi) is 6.04. The number of allylic oxidation sites excluding steroid dienone is 1. The number of aliphatic hydroxyl groups is 1. The predicted octanol–water partition coefficient (Wildman–Crippen LogP) is 0.628. The molecule has 0 aromatic rings. The maximum atomic E-state index is 9.89. The fraction of sp³-hybridized carbons (Fsp3) is 0.727. The predicted molar refractivity (Wildman–Crippen MR) is 62.7 cm³/mol. The van der Waals surface area contributed by atoms with Gasteiger partial charge in [0.15, 0.2) is 0 Å². The molecule has 1 fully saturated rings. The van der Waals surface area contributed by atoms with Crippen LogP contribution in [0.2, 0.25) is 0 Å². The van der Waals surface area contributed by atoms with Gasteiger partial charge in [0.2, 0.25) is 0 Å². The molecule has 2 unspecified atom stereocenters. The fourth-order valence-corrected chi connectivity index (χ4v) is 1.89. The minimum Gasteiger partial charge on any atom is -0.393 e. The molecule has 86 valence electrons. The Balaban J connectivity index is 2.14. The molecule has 0 saturated carbocycles. The van der Waals surface area contributed by atoms with E-state index in [4.69, 9.17) is 5.73 Å². The Morgan fingerprint density at radius 1 is 1.60 bits per heavy atom. The highest BCUT2D eigenvalue weighted by atomic mass is 16.3. The van der Waals surface area contributed by atoms with Gasteiger partial charge in [-0.3, -0.25) is 0 Å². The number of rotatable bonds is 5. The standard InChI is InChI=1S/C11H21N3O/c12-9-14-6-2-1-5-11(15)10-4-3-7-13-8-10/h2,6,9-11,13,15H,1,3-5,7-8H2,(H2,12,14)/b6-2-. The van der Waals surface area contributed by atoms with Crippen LogP contribution in [0, 0.1) is 5.92 Å². The van der Waals surface area contributed by atoms with Crippen LogP contribution < -0.4 is 11.1 Å². The van der Waals surface area contributed by atoms with Gasteiger partial charge in [0, 0.05) is 12.7 Å². The molecule has 4 heteroatoms. The van der Waals surface area contributed by atoms with Crippen LogP contribution in [0.4, 0.5) is 0 Å². The third kappa shape index (κ3) is 4.95. The molecule has 1 aliphatic rings. The topological polar surface area (TPSA) is 70.6 Å². The molecule has 0 aromatic carbocycles. The summed E-state index contributed by atoms with van der Waals surface area (Å²) in [6.45, 7) is 2.04. The minimum absolute atomic E-state index is 0.190. The van der Waals surface area contributed by atoms with Gasteiger partial charge in [0.05, 0.1) is 12.4 Å². The van der Waals surface area contributed by atoms with Gasteiger partial charge in [-0.15, -0.1) is 0 Å². The van der Waals surface area contributed by atoms with Crippen molar-refractivity contribution in [1.82, 2.24) is 5.32 Å². The zero-order chi connectivity index (χ0) is 10.9. The van der Waals surface area contributed by atoms with Crippen molar-refractivity contribution in [1.29, 1.82) is 0 Å². The Labute approximate surface area is 91.3 Å². The number of nitrogens with two attached hydrogens (primary N) is 1. The highest BCUT2D eigenvalue weighted by molar-refractivity contribution is 5.52. The number of aliphatic imine (C=N–C) groups is 1. The quantitative estimate of drug-likeness (QED) is 0.461. The minimum atomic E-state index is -0.190. The Morgan fingerprint density at radius 2 is 2.47 bits per heavy atom. The second-order valence-electron chi connectivity index (χ2n) is 3.93. The lowest BCUT2D eigenvalue weighted by Gasteiger charge is -2.27. The van der Waals surface area contributed by atoms with E-state index in [1.165, 1.54) is 12.8 Å². The van der Waals surface area contributed by atoms with E-state index < -0.39 is 0 Å². The van der Waals surface area contributed by atoms with Crippen molar-refractivity contribution in [3.63, 3.8) is 0 Å². The van der Waals surface area contributed by atoms with Crippen LogP contribution in [0.5, 0.6) is 0 Å². The van der Waals surface area contributed by atoms with Crippen LogP contribution in [0.15, 0.2) is 17.3 Å². The third-order valence-corrected chi connectivity index (χ3v) is 2.79. The van der Waals surface area contributed by atoms with Crippen LogP contribution in [0.1, 0.15) is 25.7 Å². The summed E-state index contributed by atoms with van der Waals surface area (Å²) in [5.74, 6) is 0.421. The van der Waals surface area contributed by atoms with Crippen LogP contribution in [0.25, 0.3) is 0 Å². The molecular formula is C11H21N3O. The van der Waals surface area contributed by atoms with E-state index in [-0.39, 0.29) is 6.10 Å². The molecule has 0 radical (unpaired) electrons. The van der Waals surface area contributed by atoms with E-state index in [2.05, 4.69) is 10.3 Å². The summed E-state index contributed by atoms with van der Waals surface area (Å²) in [4.78, 5) is 3.76. The number of aliphatic hydroxyl groups excluding tert-OH is 1. The zero-order valence-electron chi connectivity index (χ0n) is 9.10. The molecular weight excluding hydrogens is 190 g/mol. The summed E-state index contributed by atoms with van der Waals surface area (Å²) in [6.07, 6.45) is 8.66. The van der Waals surface area contributed by atoms with Crippen molar-refractivity contribution >= 4 is 6.34 Å². The van der Waals surface area contributed by atoms with Gasteiger partial charge >= 0.3 is 0 Å². The summed E-state index contributed by atoms with van der Waals surface area (Å²) < 4.78 is 0. The van der Waals surface area contributed by atoms with Crippen molar-refractivity contribution in [2.75, 3.05) is 13.1 Å². The number of piperidine rings is 1. The van der Waals surface area contributed by atoms with Gasteiger partial charge in [0.25, 0.3) is 0 Å². The highest BCUT2D eigenvalue weighted by Crippen LogP contribution is 2.17. The third-order valence-electron chi connectivity index (χ3n) is 2.79. The molecule has 0 amide bonds. The smallest absolute Gasteiger partial charge is 0.0852 e. The Morgan fingerprint density at radius 3 is 3.13 bits per heavy atom. The van der Waals surface area contributed by atoms with Gasteiger partial charge in [-0.05, 0) is 38.1 Å². The zero-order valence-corrected chi connectivity index (χ0v) is 9.10. The van der Waals surface area contributed by atoms with Crippen LogP contribution >= 0.6 is 0 Å². The molecule has 0 aliphatic carbocycles. The second-order valence-corrected chi connectivity index (χ2v) is 3.93. The van der Waals surface area contributed by atoms with E-state index in [9.17, 15) is 5.11 Å². The summed E-state index contributed by atoms with van der Waals surface area (Å²) in [6, 6.07) is 0. The average molecular weight is 211 g/mol. The molecule has 0 bridgehead atoms. The van der Waals surface area contributed by atoms with Gasteiger partial charge in [-0.1, -0.05) is 6.08 Å². The van der Waals surface area contributed by atoms with Crippen LogP contribution in [0.3, 0.4) is 0 Å². The lowest BCUT2D eigenvalue weighted by Crippen LogP contribution is -2.36.